The third kappa shape index (κ3) is 3.31. The average Bonchev–Trinajstić information content (AvgIpc) is 2.28. The van der Waals surface area contributed by atoms with E-state index in [1.807, 2.05) is 0 Å². The average molecular weight is 250 g/mol. The second kappa shape index (κ2) is 5.31. The Balaban J connectivity index is 2.88. The molecule has 1 aromatic carbocycles. The summed E-state index contributed by atoms with van der Waals surface area (Å²) in [5.41, 5.74) is -1.52. The standard InChI is InChI=1S/C12H14N2O4/c1-8(15)13-12(2,11(17)18)14-10(16)9-6-4-3-5-7-9/h3-7H,1-2H3,(H,13,15)(H,14,16)(H,17,18). The van der Waals surface area contributed by atoms with Crippen LogP contribution < -0.4 is 10.6 Å². The number of nitrogens with one attached hydrogen (secondary N) is 2. The molecule has 0 aliphatic rings. The normalized spacial score (nSPS) is 13.2. The minimum absolute atomic E-state index is 0.315. The molecule has 0 fully saturated rings. The van der Waals surface area contributed by atoms with Crippen molar-refractivity contribution in [3.8, 4) is 0 Å². The van der Waals surface area contributed by atoms with E-state index in [9.17, 15) is 14.4 Å². The number of rotatable bonds is 4. The topological polar surface area (TPSA) is 95.5 Å². The van der Waals surface area contributed by atoms with Crippen LogP contribution in [0.3, 0.4) is 0 Å². The third-order valence-corrected chi connectivity index (χ3v) is 2.25. The molecular weight excluding hydrogens is 236 g/mol. The Labute approximate surface area is 104 Å². The van der Waals surface area contributed by atoms with Gasteiger partial charge >= 0.3 is 5.97 Å². The number of hydrogen-bond acceptors (Lipinski definition) is 3. The van der Waals surface area contributed by atoms with E-state index in [0.29, 0.717) is 5.56 Å². The summed E-state index contributed by atoms with van der Waals surface area (Å²) >= 11 is 0. The number of carbonyl (C=O) groups excluding carboxylic acids is 2. The van der Waals surface area contributed by atoms with Gasteiger partial charge in [0, 0.05) is 12.5 Å². The number of carboxylic acid groups (broad SMARTS) is 1. The lowest BCUT2D eigenvalue weighted by atomic mass is 10.1. The van der Waals surface area contributed by atoms with Crippen LogP contribution in [0.5, 0.6) is 0 Å². The molecule has 0 aliphatic heterocycles. The van der Waals surface area contributed by atoms with Crippen molar-refractivity contribution in [3.63, 3.8) is 0 Å². The summed E-state index contributed by atoms with van der Waals surface area (Å²) in [6.07, 6.45) is 0. The van der Waals surface area contributed by atoms with Crippen molar-refractivity contribution in [2.45, 2.75) is 19.5 Å². The van der Waals surface area contributed by atoms with Crippen LogP contribution in [0.4, 0.5) is 0 Å². The Morgan fingerprint density at radius 1 is 1.11 bits per heavy atom. The highest BCUT2D eigenvalue weighted by Gasteiger charge is 2.35. The molecule has 18 heavy (non-hydrogen) atoms. The predicted molar refractivity (Wildman–Crippen MR) is 63.8 cm³/mol. The van der Waals surface area contributed by atoms with Crippen LogP contribution in [-0.2, 0) is 9.59 Å². The molecular formula is C12H14N2O4. The minimum atomic E-state index is -1.83. The van der Waals surface area contributed by atoms with Gasteiger partial charge in [0.25, 0.3) is 5.91 Å². The fourth-order valence-corrected chi connectivity index (χ4v) is 1.38. The van der Waals surface area contributed by atoms with Gasteiger partial charge in [-0.3, -0.25) is 9.59 Å². The highest BCUT2D eigenvalue weighted by molar-refractivity contribution is 5.98. The Morgan fingerprint density at radius 3 is 2.11 bits per heavy atom. The molecule has 2 amide bonds. The Hall–Kier alpha value is -2.37. The maximum absolute atomic E-state index is 11.8. The molecule has 6 nitrogen and oxygen atoms in total. The largest absolute Gasteiger partial charge is 0.478 e. The first-order valence-corrected chi connectivity index (χ1v) is 5.25. The van der Waals surface area contributed by atoms with Crippen molar-refractivity contribution in [3.05, 3.63) is 35.9 Å². The van der Waals surface area contributed by atoms with Crippen LogP contribution in [-0.4, -0.2) is 28.6 Å². The smallest absolute Gasteiger partial charge is 0.350 e. The number of carbonyl (C=O) groups is 3. The second-order valence-electron chi connectivity index (χ2n) is 3.93. The van der Waals surface area contributed by atoms with E-state index < -0.39 is 23.4 Å². The minimum Gasteiger partial charge on any atom is -0.478 e. The van der Waals surface area contributed by atoms with Gasteiger partial charge in [-0.05, 0) is 19.1 Å². The van der Waals surface area contributed by atoms with E-state index in [0.717, 1.165) is 0 Å². The molecule has 0 saturated carbocycles. The van der Waals surface area contributed by atoms with Crippen molar-refractivity contribution < 1.29 is 19.5 Å². The quantitative estimate of drug-likeness (QED) is 0.672. The van der Waals surface area contributed by atoms with Crippen LogP contribution in [0.15, 0.2) is 30.3 Å². The first-order valence-electron chi connectivity index (χ1n) is 5.25. The van der Waals surface area contributed by atoms with Gasteiger partial charge in [-0.2, -0.15) is 0 Å². The molecule has 0 radical (unpaired) electrons. The lowest BCUT2D eigenvalue weighted by Gasteiger charge is -2.26. The highest BCUT2D eigenvalue weighted by atomic mass is 16.4. The molecule has 0 aliphatic carbocycles. The second-order valence-corrected chi connectivity index (χ2v) is 3.93. The Morgan fingerprint density at radius 2 is 1.67 bits per heavy atom. The molecule has 0 bridgehead atoms. The maximum Gasteiger partial charge on any atom is 0.350 e. The summed E-state index contributed by atoms with van der Waals surface area (Å²) < 4.78 is 0. The molecule has 0 heterocycles. The van der Waals surface area contributed by atoms with Gasteiger partial charge in [0.1, 0.15) is 0 Å². The summed E-state index contributed by atoms with van der Waals surface area (Å²) in [6, 6.07) is 8.15. The monoisotopic (exact) mass is 250 g/mol. The molecule has 1 aromatic rings. The number of benzene rings is 1. The molecule has 0 aromatic heterocycles. The SMILES string of the molecule is CC(=O)NC(C)(NC(=O)c1ccccc1)C(=O)O. The van der Waals surface area contributed by atoms with Gasteiger partial charge in [0.15, 0.2) is 0 Å². The van der Waals surface area contributed by atoms with E-state index in [4.69, 9.17) is 5.11 Å². The van der Waals surface area contributed by atoms with Crippen molar-refractivity contribution in [1.82, 2.24) is 10.6 Å². The van der Waals surface area contributed by atoms with E-state index >= 15 is 0 Å². The predicted octanol–water partition coefficient (Wildman–Crippen LogP) is 0.353. The molecule has 1 unspecified atom stereocenters. The van der Waals surface area contributed by atoms with Gasteiger partial charge in [0.2, 0.25) is 11.6 Å². The van der Waals surface area contributed by atoms with E-state index in [1.54, 1.807) is 30.3 Å². The maximum atomic E-state index is 11.8. The van der Waals surface area contributed by atoms with E-state index in [-0.39, 0.29) is 0 Å². The van der Waals surface area contributed by atoms with Crippen molar-refractivity contribution in [2.24, 2.45) is 0 Å². The summed E-state index contributed by atoms with van der Waals surface area (Å²) in [7, 11) is 0. The number of hydrogen-bond donors (Lipinski definition) is 3. The number of aliphatic carboxylic acids is 1. The van der Waals surface area contributed by atoms with E-state index in [2.05, 4.69) is 10.6 Å². The van der Waals surface area contributed by atoms with Crippen molar-refractivity contribution in [1.29, 1.82) is 0 Å². The summed E-state index contributed by atoms with van der Waals surface area (Å²) in [6.45, 7) is 2.38. The summed E-state index contributed by atoms with van der Waals surface area (Å²) in [4.78, 5) is 33.9. The van der Waals surface area contributed by atoms with Gasteiger partial charge in [-0.15, -0.1) is 0 Å². The van der Waals surface area contributed by atoms with Crippen LogP contribution in [0.2, 0.25) is 0 Å². The van der Waals surface area contributed by atoms with E-state index in [1.165, 1.54) is 13.8 Å². The molecule has 1 rings (SSSR count). The van der Waals surface area contributed by atoms with Gasteiger partial charge in [-0.25, -0.2) is 4.79 Å². The zero-order chi connectivity index (χ0) is 13.8. The van der Waals surface area contributed by atoms with Crippen LogP contribution in [0, 0.1) is 0 Å². The fourth-order valence-electron chi connectivity index (χ4n) is 1.38. The van der Waals surface area contributed by atoms with Crippen molar-refractivity contribution in [2.75, 3.05) is 0 Å². The molecule has 6 heteroatoms. The lowest BCUT2D eigenvalue weighted by Crippen LogP contribution is -2.63. The summed E-state index contributed by atoms with van der Waals surface area (Å²) in [5, 5.41) is 13.5. The highest BCUT2D eigenvalue weighted by Crippen LogP contribution is 2.04. The van der Waals surface area contributed by atoms with Crippen LogP contribution in [0.1, 0.15) is 24.2 Å². The van der Waals surface area contributed by atoms with Gasteiger partial charge in [-0.1, -0.05) is 18.2 Å². The zero-order valence-corrected chi connectivity index (χ0v) is 10.1. The van der Waals surface area contributed by atoms with Gasteiger partial charge < -0.3 is 15.7 Å². The van der Waals surface area contributed by atoms with Gasteiger partial charge in [0.05, 0.1) is 0 Å². The lowest BCUT2D eigenvalue weighted by molar-refractivity contribution is -0.147. The number of carboxylic acids is 1. The number of amides is 2. The zero-order valence-electron chi connectivity index (χ0n) is 10.1. The Bertz CT molecular complexity index is 472. The third-order valence-electron chi connectivity index (χ3n) is 2.25. The molecule has 0 spiro atoms. The first-order chi connectivity index (χ1) is 8.35. The molecule has 1 atom stereocenters. The summed E-state index contributed by atoms with van der Waals surface area (Å²) in [5.74, 6) is -2.47. The fraction of sp³-hybridized carbons (Fsp3) is 0.250. The van der Waals surface area contributed by atoms with Crippen molar-refractivity contribution >= 4 is 17.8 Å². The van der Waals surface area contributed by atoms with Crippen LogP contribution in [0.25, 0.3) is 0 Å². The molecule has 3 N–H and O–H groups in total. The Kier molecular flexibility index (Phi) is 4.04. The molecule has 0 saturated heterocycles. The van der Waals surface area contributed by atoms with Crippen LogP contribution >= 0.6 is 0 Å². The molecule has 96 valence electrons. The first kappa shape index (κ1) is 13.7.